The summed E-state index contributed by atoms with van der Waals surface area (Å²) in [5.41, 5.74) is 2.17. The zero-order valence-electron chi connectivity index (χ0n) is 16.3. The van der Waals surface area contributed by atoms with E-state index in [1.807, 2.05) is 62.4 Å². The highest BCUT2D eigenvalue weighted by Gasteiger charge is 2.27. The summed E-state index contributed by atoms with van der Waals surface area (Å²) < 4.78 is 7.18. The van der Waals surface area contributed by atoms with Crippen LogP contribution in [0.2, 0.25) is 0 Å². The maximum Gasteiger partial charge on any atom is 0.339 e. The summed E-state index contributed by atoms with van der Waals surface area (Å²) in [4.78, 5) is 14.0. The third kappa shape index (κ3) is 3.46. The molecule has 0 aliphatic rings. The lowest BCUT2D eigenvalue weighted by Gasteiger charge is -2.25. The van der Waals surface area contributed by atoms with Crippen molar-refractivity contribution in [1.82, 2.24) is 0 Å². The van der Waals surface area contributed by atoms with Gasteiger partial charge in [-0.25, -0.2) is 4.79 Å². The molecular weight excluding hydrogens is 364 g/mol. The lowest BCUT2D eigenvalue weighted by molar-refractivity contribution is -0.00311. The first-order valence-corrected chi connectivity index (χ1v) is 10.6. The Bertz CT molecular complexity index is 1140. The van der Waals surface area contributed by atoms with Crippen LogP contribution < -0.4 is 0 Å². The number of thiophene rings is 1. The van der Waals surface area contributed by atoms with Crippen LogP contribution >= 0.6 is 10.5 Å². The Labute approximate surface area is 168 Å². The summed E-state index contributed by atoms with van der Waals surface area (Å²) >= 11 is 0. The molecule has 0 N–H and O–H groups in total. The third-order valence-corrected chi connectivity index (χ3v) is 7.16. The Kier molecular flexibility index (Phi) is 4.78. The zero-order valence-corrected chi connectivity index (χ0v) is 17.1. The van der Waals surface area contributed by atoms with Gasteiger partial charge in [0, 0.05) is 27.5 Å². The van der Waals surface area contributed by atoms with Gasteiger partial charge in [0.2, 0.25) is 0 Å². The van der Waals surface area contributed by atoms with Gasteiger partial charge < -0.3 is 4.74 Å². The first-order chi connectivity index (χ1) is 13.5. The maximum absolute atomic E-state index is 12.9. The van der Waals surface area contributed by atoms with E-state index in [1.165, 1.54) is 15.6 Å². The molecular formula is C25H23O2S+. The van der Waals surface area contributed by atoms with Gasteiger partial charge in [-0.2, -0.15) is 0 Å². The van der Waals surface area contributed by atoms with E-state index < -0.39 is 5.60 Å². The van der Waals surface area contributed by atoms with Crippen molar-refractivity contribution >= 4 is 26.5 Å². The number of esters is 1. The van der Waals surface area contributed by atoms with Crippen molar-refractivity contribution in [2.24, 2.45) is 0 Å². The molecule has 4 aromatic rings. The molecule has 2 nitrogen and oxygen atoms in total. The summed E-state index contributed by atoms with van der Waals surface area (Å²) in [5.74, 6) is -0.299. The molecule has 0 saturated carbocycles. The molecule has 0 aliphatic heterocycles. The van der Waals surface area contributed by atoms with Crippen LogP contribution in [0.4, 0.5) is 0 Å². The minimum atomic E-state index is -0.687. The fourth-order valence-electron chi connectivity index (χ4n) is 3.43. The lowest BCUT2D eigenvalue weighted by Crippen LogP contribution is -2.25. The fourth-order valence-corrected chi connectivity index (χ4v) is 5.60. The normalized spacial score (nSPS) is 12.2. The molecule has 0 amide bonds. The second kappa shape index (κ2) is 7.25. The highest BCUT2D eigenvalue weighted by Crippen LogP contribution is 2.42. The molecule has 1 heterocycles. The quantitative estimate of drug-likeness (QED) is 0.279. The number of hydrogen-bond donors (Lipinski definition) is 0. The molecule has 0 saturated heterocycles. The van der Waals surface area contributed by atoms with Gasteiger partial charge in [0.25, 0.3) is 0 Å². The van der Waals surface area contributed by atoms with Crippen molar-refractivity contribution in [3.63, 3.8) is 0 Å². The number of carbonyl (C=O) groups is 1. The van der Waals surface area contributed by atoms with Gasteiger partial charge in [-0.15, -0.1) is 0 Å². The number of fused-ring (bicyclic) bond motifs is 1. The molecule has 4 rings (SSSR count). The summed E-state index contributed by atoms with van der Waals surface area (Å²) in [7, 11) is -0.151. The highest BCUT2D eigenvalue weighted by molar-refractivity contribution is 7.43. The smallest absolute Gasteiger partial charge is 0.339 e. The molecule has 3 heteroatoms. The Hall–Kier alpha value is -2.91. The van der Waals surface area contributed by atoms with Crippen molar-refractivity contribution in [1.29, 1.82) is 0 Å². The van der Waals surface area contributed by atoms with E-state index in [0.717, 1.165) is 10.5 Å². The molecule has 140 valence electrons. The van der Waals surface area contributed by atoms with Gasteiger partial charge in [-0.3, -0.25) is 0 Å². The second-order valence-corrected chi connectivity index (χ2v) is 9.25. The standard InChI is InChI=1S/C25H23O2S/c1-18-17-28(23-15-8-7-14-22(18)23)21-13-9-10-19(16-21)24(26)27-25(2,3)20-11-5-4-6-12-20/h4-17H,1-3H3/q+1. The third-order valence-electron chi connectivity index (χ3n) is 4.98. The van der Waals surface area contributed by atoms with Crippen molar-refractivity contribution in [2.75, 3.05) is 0 Å². The molecule has 28 heavy (non-hydrogen) atoms. The van der Waals surface area contributed by atoms with Crippen molar-refractivity contribution in [3.8, 4) is 4.90 Å². The van der Waals surface area contributed by atoms with Crippen LogP contribution in [0.1, 0.15) is 35.3 Å². The van der Waals surface area contributed by atoms with Gasteiger partial charge in [0.05, 0.1) is 5.56 Å². The summed E-state index contributed by atoms with van der Waals surface area (Å²) in [6.45, 7) is 5.99. The number of rotatable bonds is 4. The van der Waals surface area contributed by atoms with Gasteiger partial charge in [-0.05, 0) is 50.6 Å². The second-order valence-electron chi connectivity index (χ2n) is 7.43. The van der Waals surface area contributed by atoms with E-state index in [9.17, 15) is 4.79 Å². The first-order valence-electron chi connectivity index (χ1n) is 9.35. The van der Waals surface area contributed by atoms with Crippen LogP contribution in [0.25, 0.3) is 15.0 Å². The van der Waals surface area contributed by atoms with Crippen LogP contribution in [0.5, 0.6) is 0 Å². The molecule has 0 spiro atoms. The maximum atomic E-state index is 12.9. The Balaban J connectivity index is 1.66. The van der Waals surface area contributed by atoms with E-state index >= 15 is 0 Å². The van der Waals surface area contributed by atoms with E-state index in [4.69, 9.17) is 4.74 Å². The molecule has 0 radical (unpaired) electrons. The number of carbonyl (C=O) groups excluding carboxylic acids is 1. The van der Waals surface area contributed by atoms with E-state index in [-0.39, 0.29) is 16.4 Å². The van der Waals surface area contributed by atoms with Gasteiger partial charge in [0.1, 0.15) is 11.0 Å². The SMILES string of the molecule is Cc1c[s+](-c2cccc(C(=O)OC(C)(C)c3ccccc3)c2)c2ccccc12. The number of benzene rings is 3. The van der Waals surface area contributed by atoms with Crippen LogP contribution in [-0.4, -0.2) is 5.97 Å². The van der Waals surface area contributed by atoms with Crippen LogP contribution in [0, 0.1) is 6.92 Å². The van der Waals surface area contributed by atoms with E-state index in [1.54, 1.807) is 0 Å². The highest BCUT2D eigenvalue weighted by atomic mass is 32.2. The number of ether oxygens (including phenoxy) is 1. The molecule has 1 unspecified atom stereocenters. The Morgan fingerprint density at radius 1 is 0.893 bits per heavy atom. The lowest BCUT2D eigenvalue weighted by atomic mass is 9.98. The number of aryl methyl sites for hydroxylation is 1. The first kappa shape index (κ1) is 18.5. The monoisotopic (exact) mass is 387 g/mol. The Morgan fingerprint density at radius 3 is 2.39 bits per heavy atom. The average Bonchev–Trinajstić information content (AvgIpc) is 3.05. The molecule has 1 atom stereocenters. The fraction of sp³-hybridized carbons (Fsp3) is 0.160. The Morgan fingerprint density at radius 2 is 1.61 bits per heavy atom. The summed E-state index contributed by atoms with van der Waals surface area (Å²) in [5, 5.41) is 3.59. The van der Waals surface area contributed by atoms with Gasteiger partial charge >= 0.3 is 5.97 Å². The topological polar surface area (TPSA) is 26.3 Å². The van der Waals surface area contributed by atoms with E-state index in [2.05, 4.69) is 42.6 Å². The van der Waals surface area contributed by atoms with Crippen LogP contribution in [0.15, 0.2) is 84.2 Å². The zero-order chi connectivity index (χ0) is 19.7. The minimum absolute atomic E-state index is 0.151. The van der Waals surface area contributed by atoms with Crippen LogP contribution in [-0.2, 0) is 10.3 Å². The van der Waals surface area contributed by atoms with Crippen LogP contribution in [0.3, 0.4) is 0 Å². The molecule has 1 aromatic heterocycles. The number of hydrogen-bond acceptors (Lipinski definition) is 2. The predicted molar refractivity (Wildman–Crippen MR) is 117 cm³/mol. The van der Waals surface area contributed by atoms with E-state index in [0.29, 0.717) is 5.56 Å². The van der Waals surface area contributed by atoms with Gasteiger partial charge in [0.15, 0.2) is 9.60 Å². The predicted octanol–water partition coefficient (Wildman–Crippen LogP) is 6.98. The average molecular weight is 388 g/mol. The van der Waals surface area contributed by atoms with Crippen molar-refractivity contribution < 1.29 is 9.53 Å². The van der Waals surface area contributed by atoms with Crippen molar-refractivity contribution in [3.05, 3.63) is 101 Å². The molecule has 3 aromatic carbocycles. The molecule has 0 aliphatic carbocycles. The molecule has 0 fully saturated rings. The minimum Gasteiger partial charge on any atom is -0.451 e. The largest absolute Gasteiger partial charge is 0.451 e. The summed E-state index contributed by atoms with van der Waals surface area (Å²) in [6.07, 6.45) is 0. The summed E-state index contributed by atoms with van der Waals surface area (Å²) in [6, 6.07) is 26.2. The van der Waals surface area contributed by atoms with Crippen molar-refractivity contribution in [2.45, 2.75) is 26.4 Å². The van der Waals surface area contributed by atoms with Gasteiger partial charge in [-0.1, -0.05) is 48.5 Å². The molecule has 0 bridgehead atoms.